The van der Waals surface area contributed by atoms with E-state index < -0.39 is 0 Å². The zero-order valence-electron chi connectivity index (χ0n) is 10.9. The topological polar surface area (TPSA) is 29.1 Å². The number of amides is 1. The van der Waals surface area contributed by atoms with E-state index in [-0.39, 0.29) is 11.9 Å². The van der Waals surface area contributed by atoms with Crippen LogP contribution in [0.25, 0.3) is 0 Å². The first-order valence-electron chi connectivity index (χ1n) is 6.15. The van der Waals surface area contributed by atoms with Gasteiger partial charge in [0, 0.05) is 21.8 Å². The fourth-order valence-corrected chi connectivity index (χ4v) is 3.40. The van der Waals surface area contributed by atoms with Crippen molar-refractivity contribution in [3.05, 3.63) is 56.2 Å². The number of aryl methyl sites for hydroxylation is 1. The molecule has 4 heteroatoms. The van der Waals surface area contributed by atoms with Crippen LogP contribution in [-0.2, 0) is 6.42 Å². The molecule has 0 bridgehead atoms. The molecule has 0 fully saturated rings. The van der Waals surface area contributed by atoms with Gasteiger partial charge < -0.3 is 5.32 Å². The van der Waals surface area contributed by atoms with E-state index in [9.17, 15) is 4.79 Å². The molecule has 0 spiro atoms. The number of thiophene rings is 1. The van der Waals surface area contributed by atoms with Crippen molar-refractivity contribution < 1.29 is 4.79 Å². The summed E-state index contributed by atoms with van der Waals surface area (Å²) in [7, 11) is 0. The highest BCUT2D eigenvalue weighted by Crippen LogP contribution is 2.18. The maximum Gasteiger partial charge on any atom is 0.252 e. The normalized spacial score (nSPS) is 12.2. The molecular weight excluding hydrogens is 322 g/mol. The molecule has 19 heavy (non-hydrogen) atoms. The van der Waals surface area contributed by atoms with Gasteiger partial charge in [0.05, 0.1) is 5.56 Å². The number of rotatable bonds is 4. The van der Waals surface area contributed by atoms with Gasteiger partial charge in [-0.05, 0) is 58.9 Å². The highest BCUT2D eigenvalue weighted by molar-refractivity contribution is 9.10. The molecule has 2 aromatic rings. The van der Waals surface area contributed by atoms with Crippen LogP contribution in [-0.4, -0.2) is 11.9 Å². The first-order valence-corrected chi connectivity index (χ1v) is 7.83. The summed E-state index contributed by atoms with van der Waals surface area (Å²) < 4.78 is 0.841. The van der Waals surface area contributed by atoms with Crippen LogP contribution in [0.15, 0.2) is 40.2 Å². The van der Waals surface area contributed by atoms with Crippen LogP contribution in [0.3, 0.4) is 0 Å². The van der Waals surface area contributed by atoms with Gasteiger partial charge in [0.2, 0.25) is 0 Å². The quantitative estimate of drug-likeness (QED) is 0.890. The molecule has 2 nitrogen and oxygen atoms in total. The Bertz CT molecular complexity index is 566. The van der Waals surface area contributed by atoms with Gasteiger partial charge in [-0.1, -0.05) is 12.1 Å². The predicted octanol–water partition coefficient (Wildman–Crippen LogP) is 4.18. The summed E-state index contributed by atoms with van der Waals surface area (Å²) in [5, 5.41) is 5.09. The molecule has 1 atom stereocenters. The third-order valence-electron chi connectivity index (χ3n) is 2.83. The second-order valence-corrected chi connectivity index (χ2v) is 6.53. The zero-order chi connectivity index (χ0) is 13.8. The molecule has 1 amide bonds. The van der Waals surface area contributed by atoms with E-state index in [4.69, 9.17) is 0 Å². The fourth-order valence-electron chi connectivity index (χ4n) is 1.89. The van der Waals surface area contributed by atoms with Crippen LogP contribution in [0, 0.1) is 6.92 Å². The van der Waals surface area contributed by atoms with Crippen molar-refractivity contribution in [3.63, 3.8) is 0 Å². The molecule has 0 aliphatic heterocycles. The number of halogens is 1. The van der Waals surface area contributed by atoms with Crippen molar-refractivity contribution in [2.45, 2.75) is 26.3 Å². The van der Waals surface area contributed by atoms with Crippen molar-refractivity contribution >= 4 is 33.2 Å². The van der Waals surface area contributed by atoms with Gasteiger partial charge in [-0.3, -0.25) is 4.79 Å². The SMILES string of the molecule is Cc1ccc(C(=O)NC(C)Cc2cccs2)c(Br)c1. The molecular formula is C15H16BrNOS. The lowest BCUT2D eigenvalue weighted by Gasteiger charge is -2.14. The molecule has 0 aliphatic carbocycles. The average Bonchev–Trinajstić information content (AvgIpc) is 2.81. The van der Waals surface area contributed by atoms with Crippen molar-refractivity contribution in [3.8, 4) is 0 Å². The minimum atomic E-state index is -0.0315. The molecule has 1 N–H and O–H groups in total. The molecule has 100 valence electrons. The minimum Gasteiger partial charge on any atom is -0.349 e. The highest BCUT2D eigenvalue weighted by Gasteiger charge is 2.13. The van der Waals surface area contributed by atoms with E-state index in [0.717, 1.165) is 16.5 Å². The smallest absolute Gasteiger partial charge is 0.252 e. The first-order chi connectivity index (χ1) is 9.06. The second kappa shape index (κ2) is 6.35. The minimum absolute atomic E-state index is 0.0315. The van der Waals surface area contributed by atoms with Gasteiger partial charge in [0.15, 0.2) is 0 Å². The number of hydrogen-bond donors (Lipinski definition) is 1. The molecule has 0 radical (unpaired) electrons. The molecule has 1 unspecified atom stereocenters. The number of carbonyl (C=O) groups is 1. The van der Waals surface area contributed by atoms with Gasteiger partial charge in [-0.25, -0.2) is 0 Å². The predicted molar refractivity (Wildman–Crippen MR) is 83.8 cm³/mol. The summed E-state index contributed by atoms with van der Waals surface area (Å²) in [5.41, 5.74) is 1.82. The molecule has 1 aromatic heterocycles. The van der Waals surface area contributed by atoms with E-state index in [1.165, 1.54) is 4.88 Å². The van der Waals surface area contributed by atoms with Gasteiger partial charge in [0.25, 0.3) is 5.91 Å². The molecule has 0 aliphatic rings. The third kappa shape index (κ3) is 3.91. The Kier molecular flexibility index (Phi) is 4.77. The van der Waals surface area contributed by atoms with Crippen molar-refractivity contribution in [2.24, 2.45) is 0 Å². The lowest BCUT2D eigenvalue weighted by Crippen LogP contribution is -2.34. The summed E-state index contributed by atoms with van der Waals surface area (Å²) in [5.74, 6) is -0.0315. The van der Waals surface area contributed by atoms with Gasteiger partial charge >= 0.3 is 0 Å². The second-order valence-electron chi connectivity index (χ2n) is 4.64. The van der Waals surface area contributed by atoms with E-state index >= 15 is 0 Å². The van der Waals surface area contributed by atoms with Crippen molar-refractivity contribution in [1.82, 2.24) is 5.32 Å². The van der Waals surface area contributed by atoms with Gasteiger partial charge in [-0.15, -0.1) is 11.3 Å². The fraction of sp³-hybridized carbons (Fsp3) is 0.267. The van der Waals surface area contributed by atoms with Gasteiger partial charge in [0.1, 0.15) is 0 Å². The Morgan fingerprint density at radius 1 is 1.42 bits per heavy atom. The Balaban J connectivity index is 2.00. The van der Waals surface area contributed by atoms with Crippen molar-refractivity contribution in [2.75, 3.05) is 0 Å². The van der Waals surface area contributed by atoms with Crippen LogP contribution in [0.4, 0.5) is 0 Å². The Hall–Kier alpha value is -1.13. The Morgan fingerprint density at radius 2 is 2.21 bits per heavy atom. The average molecular weight is 338 g/mol. The number of carbonyl (C=O) groups excluding carboxylic acids is 1. The number of hydrogen-bond acceptors (Lipinski definition) is 2. The summed E-state index contributed by atoms with van der Waals surface area (Å²) in [6, 6.07) is 10.0. The van der Waals surface area contributed by atoms with Crippen LogP contribution >= 0.6 is 27.3 Å². The third-order valence-corrected chi connectivity index (χ3v) is 4.39. The number of nitrogens with one attached hydrogen (secondary N) is 1. The zero-order valence-corrected chi connectivity index (χ0v) is 13.3. The van der Waals surface area contributed by atoms with Crippen LogP contribution in [0.2, 0.25) is 0 Å². The first kappa shape index (κ1) is 14.3. The standard InChI is InChI=1S/C15H16BrNOS/c1-10-5-6-13(14(16)8-10)15(18)17-11(2)9-12-4-3-7-19-12/h3-8,11H,9H2,1-2H3,(H,17,18). The molecule has 1 heterocycles. The largest absolute Gasteiger partial charge is 0.349 e. The Labute approximate surface area is 126 Å². The van der Waals surface area contributed by atoms with Crippen molar-refractivity contribution in [1.29, 1.82) is 0 Å². The lowest BCUT2D eigenvalue weighted by atomic mass is 10.1. The van der Waals surface area contributed by atoms with Gasteiger partial charge in [-0.2, -0.15) is 0 Å². The van der Waals surface area contributed by atoms with Crippen LogP contribution in [0.5, 0.6) is 0 Å². The summed E-state index contributed by atoms with van der Waals surface area (Å²) >= 11 is 5.16. The molecule has 0 saturated carbocycles. The number of benzene rings is 1. The van der Waals surface area contributed by atoms with Crippen LogP contribution < -0.4 is 5.32 Å². The summed E-state index contributed by atoms with van der Waals surface area (Å²) in [6.07, 6.45) is 0.868. The maximum absolute atomic E-state index is 12.2. The van der Waals surface area contributed by atoms with E-state index in [2.05, 4.69) is 32.7 Å². The monoisotopic (exact) mass is 337 g/mol. The molecule has 2 rings (SSSR count). The van der Waals surface area contributed by atoms with E-state index in [1.54, 1.807) is 11.3 Å². The summed E-state index contributed by atoms with van der Waals surface area (Å²) in [4.78, 5) is 13.5. The molecule has 0 saturated heterocycles. The Morgan fingerprint density at radius 3 is 2.84 bits per heavy atom. The lowest BCUT2D eigenvalue weighted by molar-refractivity contribution is 0.0939. The highest BCUT2D eigenvalue weighted by atomic mass is 79.9. The maximum atomic E-state index is 12.2. The summed E-state index contributed by atoms with van der Waals surface area (Å²) in [6.45, 7) is 4.03. The van der Waals surface area contributed by atoms with Crippen LogP contribution in [0.1, 0.15) is 27.7 Å². The molecule has 1 aromatic carbocycles. The van der Waals surface area contributed by atoms with E-state index in [0.29, 0.717) is 5.56 Å². The van der Waals surface area contributed by atoms with E-state index in [1.807, 2.05) is 38.1 Å².